The first-order valence-electron chi connectivity index (χ1n) is 7.56. The molecule has 1 aromatic carbocycles. The van der Waals surface area contributed by atoms with Crippen LogP contribution >= 0.6 is 23.7 Å². The van der Waals surface area contributed by atoms with Gasteiger partial charge in [0.05, 0.1) is 5.56 Å². The molecule has 0 aliphatic carbocycles. The summed E-state index contributed by atoms with van der Waals surface area (Å²) >= 11 is 1.55. The monoisotopic (exact) mass is 401 g/mol. The van der Waals surface area contributed by atoms with Gasteiger partial charge >= 0.3 is 6.18 Å². The maximum Gasteiger partial charge on any atom is 0.416 e. The Labute approximate surface area is 159 Å². The molecule has 1 fully saturated rings. The van der Waals surface area contributed by atoms with Gasteiger partial charge < -0.3 is 9.80 Å². The molecule has 1 saturated heterocycles. The fraction of sp³-hybridized carbons (Fsp3) is 0.294. The molecular weight excluding hydrogens is 387 g/mol. The zero-order chi connectivity index (χ0) is 17.9. The van der Waals surface area contributed by atoms with E-state index in [9.17, 15) is 18.0 Å². The lowest BCUT2D eigenvalue weighted by molar-refractivity contribution is -0.137. The van der Waals surface area contributed by atoms with E-state index in [1.165, 1.54) is 12.1 Å². The predicted molar refractivity (Wildman–Crippen MR) is 96.5 cm³/mol. The van der Waals surface area contributed by atoms with Gasteiger partial charge in [0.2, 0.25) is 0 Å². The van der Waals surface area contributed by atoms with Crippen LogP contribution in [0.15, 0.2) is 35.8 Å². The smallest absolute Gasteiger partial charge is 0.345 e. The Balaban J connectivity index is 0.00000243. The topological polar surface area (TPSA) is 36.4 Å². The molecular formula is C17H15ClF3N3OS. The van der Waals surface area contributed by atoms with Crippen LogP contribution in [0.2, 0.25) is 0 Å². The molecule has 4 nitrogen and oxygen atoms in total. The van der Waals surface area contributed by atoms with Crippen molar-refractivity contribution in [3.63, 3.8) is 0 Å². The van der Waals surface area contributed by atoms with Crippen molar-refractivity contribution in [3.8, 4) is 11.8 Å². The molecule has 2 heterocycles. The molecule has 26 heavy (non-hydrogen) atoms. The van der Waals surface area contributed by atoms with Gasteiger partial charge in [-0.1, -0.05) is 5.92 Å². The molecule has 9 heteroatoms. The van der Waals surface area contributed by atoms with Crippen LogP contribution < -0.4 is 4.90 Å². The molecule has 1 aliphatic heterocycles. The first-order valence-corrected chi connectivity index (χ1v) is 8.44. The lowest BCUT2D eigenvalue weighted by atomic mass is 10.1. The molecule has 0 saturated carbocycles. The number of nitrogens with zero attached hydrogens (tertiary/aromatic N) is 3. The van der Waals surface area contributed by atoms with E-state index >= 15 is 0 Å². The van der Waals surface area contributed by atoms with Gasteiger partial charge in [-0.25, -0.2) is 4.98 Å². The quantitative estimate of drug-likeness (QED) is 0.688. The lowest BCUT2D eigenvalue weighted by Crippen LogP contribution is -2.48. The van der Waals surface area contributed by atoms with E-state index in [4.69, 9.17) is 0 Å². The van der Waals surface area contributed by atoms with E-state index in [-0.39, 0.29) is 18.3 Å². The number of hydrogen-bond acceptors (Lipinski definition) is 4. The zero-order valence-corrected chi connectivity index (χ0v) is 15.1. The number of thiazole rings is 1. The van der Waals surface area contributed by atoms with Crippen molar-refractivity contribution in [3.05, 3.63) is 47.0 Å². The maximum atomic E-state index is 12.5. The Morgan fingerprint density at radius 1 is 1.12 bits per heavy atom. The van der Waals surface area contributed by atoms with E-state index in [2.05, 4.69) is 21.7 Å². The van der Waals surface area contributed by atoms with E-state index < -0.39 is 11.7 Å². The average Bonchev–Trinajstić information content (AvgIpc) is 3.14. The second-order valence-electron chi connectivity index (χ2n) is 5.42. The summed E-state index contributed by atoms with van der Waals surface area (Å²) in [5.41, 5.74) is -0.356. The number of halogens is 4. The Morgan fingerprint density at radius 3 is 2.31 bits per heavy atom. The number of piperazine rings is 1. The van der Waals surface area contributed by atoms with Crippen molar-refractivity contribution in [1.29, 1.82) is 0 Å². The number of amides is 1. The number of alkyl halides is 3. The Hall–Kier alpha value is -2.24. The molecule has 1 aromatic heterocycles. The number of aromatic nitrogens is 1. The third-order valence-electron chi connectivity index (χ3n) is 3.78. The molecule has 0 atom stereocenters. The van der Waals surface area contributed by atoms with Crippen LogP contribution in [0.5, 0.6) is 0 Å². The van der Waals surface area contributed by atoms with Crippen LogP contribution in [0.25, 0.3) is 0 Å². The van der Waals surface area contributed by atoms with Crippen LogP contribution in [0.4, 0.5) is 18.3 Å². The third kappa shape index (κ3) is 4.90. The third-order valence-corrected chi connectivity index (χ3v) is 4.61. The minimum atomic E-state index is -4.38. The molecule has 1 aliphatic rings. The van der Waals surface area contributed by atoms with E-state index in [0.717, 1.165) is 17.3 Å². The van der Waals surface area contributed by atoms with Gasteiger partial charge in [0.1, 0.15) is 0 Å². The maximum absolute atomic E-state index is 12.5. The fourth-order valence-corrected chi connectivity index (χ4v) is 3.12. The highest BCUT2D eigenvalue weighted by atomic mass is 35.5. The highest BCUT2D eigenvalue weighted by molar-refractivity contribution is 7.13. The van der Waals surface area contributed by atoms with Gasteiger partial charge in [-0.15, -0.1) is 23.7 Å². The summed E-state index contributed by atoms with van der Waals surface area (Å²) in [6.07, 6.45) is -2.63. The summed E-state index contributed by atoms with van der Waals surface area (Å²) < 4.78 is 37.5. The number of rotatable bonds is 1. The van der Waals surface area contributed by atoms with E-state index in [1.807, 2.05) is 5.38 Å². The van der Waals surface area contributed by atoms with Crippen LogP contribution in [0.3, 0.4) is 0 Å². The average molecular weight is 402 g/mol. The van der Waals surface area contributed by atoms with Crippen LogP contribution in [-0.4, -0.2) is 42.0 Å². The summed E-state index contributed by atoms with van der Waals surface area (Å²) in [6.45, 7) is 2.45. The van der Waals surface area contributed by atoms with E-state index in [1.54, 1.807) is 22.4 Å². The van der Waals surface area contributed by atoms with Gasteiger partial charge in [-0.2, -0.15) is 13.2 Å². The van der Waals surface area contributed by atoms with Crippen molar-refractivity contribution < 1.29 is 18.0 Å². The summed E-state index contributed by atoms with van der Waals surface area (Å²) in [4.78, 5) is 20.1. The van der Waals surface area contributed by atoms with Gasteiger partial charge in [0.15, 0.2) is 5.13 Å². The van der Waals surface area contributed by atoms with Crippen LogP contribution in [0.1, 0.15) is 11.1 Å². The molecule has 2 aromatic rings. The number of hydrogen-bond donors (Lipinski definition) is 0. The summed E-state index contributed by atoms with van der Waals surface area (Å²) in [5.74, 6) is 4.81. The molecule has 0 unspecified atom stereocenters. The summed E-state index contributed by atoms with van der Waals surface area (Å²) in [6, 6.07) is 4.45. The fourth-order valence-electron chi connectivity index (χ4n) is 2.42. The first-order chi connectivity index (χ1) is 11.9. The molecule has 0 radical (unpaired) electrons. The summed E-state index contributed by atoms with van der Waals surface area (Å²) in [5, 5.41) is 2.84. The number of carbonyl (C=O) groups excluding carboxylic acids is 1. The minimum absolute atomic E-state index is 0. The first kappa shape index (κ1) is 20.1. The second kappa shape index (κ2) is 8.43. The van der Waals surface area contributed by atoms with Crippen molar-refractivity contribution in [2.75, 3.05) is 31.1 Å². The highest BCUT2D eigenvalue weighted by Gasteiger charge is 2.29. The van der Waals surface area contributed by atoms with Crippen LogP contribution in [0, 0.1) is 11.8 Å². The SMILES string of the molecule is Cl.O=C(C#Cc1ccc(C(F)(F)F)cc1)N1CCN(c2nccs2)CC1. The van der Waals surface area contributed by atoms with Crippen LogP contribution in [-0.2, 0) is 11.0 Å². The highest BCUT2D eigenvalue weighted by Crippen LogP contribution is 2.28. The largest absolute Gasteiger partial charge is 0.416 e. The number of anilines is 1. The Bertz CT molecular complexity index is 789. The predicted octanol–water partition coefficient (Wildman–Crippen LogP) is 3.28. The number of carbonyl (C=O) groups is 1. The lowest BCUT2D eigenvalue weighted by Gasteiger charge is -2.33. The molecule has 0 bridgehead atoms. The van der Waals surface area contributed by atoms with Crippen molar-refractivity contribution in [1.82, 2.24) is 9.88 Å². The molecule has 1 amide bonds. The standard InChI is InChI=1S/C17H14F3N3OS.ClH/c18-17(19,20)14-4-1-13(2-5-14)3-6-15(24)22-8-10-23(11-9-22)16-21-7-12-25-16;/h1-2,4-5,7,12H,8-11H2;1H. The molecule has 0 spiro atoms. The van der Waals surface area contributed by atoms with Gasteiger partial charge in [0.25, 0.3) is 5.91 Å². The Kier molecular flexibility index (Phi) is 6.51. The van der Waals surface area contributed by atoms with Gasteiger partial charge in [0, 0.05) is 49.2 Å². The van der Waals surface area contributed by atoms with Gasteiger partial charge in [-0.3, -0.25) is 4.79 Å². The number of benzene rings is 1. The van der Waals surface area contributed by atoms with E-state index in [0.29, 0.717) is 31.7 Å². The van der Waals surface area contributed by atoms with Crippen molar-refractivity contribution in [2.24, 2.45) is 0 Å². The minimum Gasteiger partial charge on any atom is -0.345 e. The zero-order valence-electron chi connectivity index (χ0n) is 13.5. The second-order valence-corrected chi connectivity index (χ2v) is 6.29. The molecule has 0 N–H and O–H groups in total. The molecule has 3 rings (SSSR count). The normalized spacial score (nSPS) is 14.3. The molecule has 138 valence electrons. The summed E-state index contributed by atoms with van der Waals surface area (Å²) in [7, 11) is 0. The Morgan fingerprint density at radius 2 is 1.77 bits per heavy atom. The van der Waals surface area contributed by atoms with Gasteiger partial charge in [-0.05, 0) is 24.3 Å². The van der Waals surface area contributed by atoms with Crippen molar-refractivity contribution in [2.45, 2.75) is 6.18 Å². The van der Waals surface area contributed by atoms with Crippen molar-refractivity contribution >= 4 is 34.8 Å².